The maximum Gasteiger partial charge on any atom is 0.411 e. The third-order valence-electron chi connectivity index (χ3n) is 3.40. The predicted octanol–water partition coefficient (Wildman–Crippen LogP) is 3.45. The van der Waals surface area contributed by atoms with Crippen molar-refractivity contribution in [3.8, 4) is 5.75 Å². The van der Waals surface area contributed by atoms with Gasteiger partial charge in [-0.3, -0.25) is 0 Å². The zero-order valence-corrected chi connectivity index (χ0v) is 9.83. The molecule has 0 unspecified atom stereocenters. The fourth-order valence-corrected chi connectivity index (χ4v) is 2.09. The normalized spacial score (nSPS) is 17.4. The lowest BCUT2D eigenvalue weighted by Gasteiger charge is -2.22. The summed E-state index contributed by atoms with van der Waals surface area (Å²) in [5.74, 6) is 0.156. The van der Waals surface area contributed by atoms with Crippen LogP contribution in [0.15, 0.2) is 30.5 Å². The molecule has 6 heteroatoms. The molecule has 1 fully saturated rings. The molecule has 1 aromatic heterocycles. The summed E-state index contributed by atoms with van der Waals surface area (Å²) in [6.45, 7) is 0. The number of nitrogens with one attached hydrogen (secondary N) is 1. The van der Waals surface area contributed by atoms with Gasteiger partial charge in [0, 0.05) is 11.6 Å². The SMILES string of the molecule is Oc1ccc2ccnc(NC3(C(F)(F)F)CC3)c2c1. The van der Waals surface area contributed by atoms with E-state index in [9.17, 15) is 18.3 Å². The van der Waals surface area contributed by atoms with E-state index in [1.807, 2.05) is 0 Å². The van der Waals surface area contributed by atoms with Gasteiger partial charge in [-0.05, 0) is 36.4 Å². The second-order valence-electron chi connectivity index (χ2n) is 4.77. The molecule has 1 saturated carbocycles. The van der Waals surface area contributed by atoms with Gasteiger partial charge < -0.3 is 10.4 Å². The second-order valence-corrected chi connectivity index (χ2v) is 4.77. The van der Waals surface area contributed by atoms with Gasteiger partial charge in [-0.25, -0.2) is 4.98 Å². The minimum absolute atomic E-state index is 0.000376. The third-order valence-corrected chi connectivity index (χ3v) is 3.40. The number of nitrogens with zero attached hydrogens (tertiary/aromatic N) is 1. The Balaban J connectivity index is 2.04. The first-order valence-corrected chi connectivity index (χ1v) is 5.84. The molecule has 19 heavy (non-hydrogen) atoms. The summed E-state index contributed by atoms with van der Waals surface area (Å²) in [6, 6.07) is 6.23. The molecule has 0 saturated heterocycles. The molecular formula is C13H11F3N2O. The molecule has 0 amide bonds. The van der Waals surface area contributed by atoms with Crippen LogP contribution in [0.2, 0.25) is 0 Å². The number of aromatic nitrogens is 1. The minimum atomic E-state index is -4.30. The fraction of sp³-hybridized carbons (Fsp3) is 0.308. The zero-order chi connectivity index (χ0) is 13.7. The van der Waals surface area contributed by atoms with Crippen LogP contribution in [0.1, 0.15) is 12.8 Å². The highest BCUT2D eigenvalue weighted by atomic mass is 19.4. The number of phenolic OH excluding ortho intramolecular Hbond substituents is 1. The van der Waals surface area contributed by atoms with Gasteiger partial charge in [0.2, 0.25) is 0 Å². The van der Waals surface area contributed by atoms with Gasteiger partial charge in [0.15, 0.2) is 0 Å². The molecule has 2 aromatic rings. The Kier molecular flexibility index (Phi) is 2.39. The van der Waals surface area contributed by atoms with Crippen molar-refractivity contribution in [2.45, 2.75) is 24.6 Å². The Morgan fingerprint density at radius 3 is 2.58 bits per heavy atom. The van der Waals surface area contributed by atoms with Crippen LogP contribution in [0, 0.1) is 0 Å². The predicted molar refractivity (Wildman–Crippen MR) is 65.1 cm³/mol. The smallest absolute Gasteiger partial charge is 0.411 e. The lowest BCUT2D eigenvalue weighted by Crippen LogP contribution is -2.38. The molecule has 0 bridgehead atoms. The van der Waals surface area contributed by atoms with E-state index in [1.165, 1.54) is 18.3 Å². The van der Waals surface area contributed by atoms with E-state index in [4.69, 9.17) is 0 Å². The van der Waals surface area contributed by atoms with Crippen molar-refractivity contribution in [3.05, 3.63) is 30.5 Å². The molecule has 1 heterocycles. The Labute approximate surface area is 107 Å². The number of pyridine rings is 1. The number of aromatic hydroxyl groups is 1. The number of benzene rings is 1. The molecule has 3 rings (SSSR count). The number of hydrogen-bond acceptors (Lipinski definition) is 3. The Bertz CT molecular complexity index is 635. The van der Waals surface area contributed by atoms with Crippen LogP contribution in [0.5, 0.6) is 5.75 Å². The summed E-state index contributed by atoms with van der Waals surface area (Å²) in [7, 11) is 0. The topological polar surface area (TPSA) is 45.2 Å². The van der Waals surface area contributed by atoms with Crippen LogP contribution in [0.3, 0.4) is 0 Å². The molecule has 1 aliphatic rings. The minimum Gasteiger partial charge on any atom is -0.508 e. The van der Waals surface area contributed by atoms with Crippen molar-refractivity contribution in [3.63, 3.8) is 0 Å². The maximum atomic E-state index is 12.9. The van der Waals surface area contributed by atoms with Crippen LogP contribution < -0.4 is 5.32 Å². The molecule has 0 aliphatic heterocycles. The number of fused-ring (bicyclic) bond motifs is 1. The molecule has 1 aromatic carbocycles. The van der Waals surface area contributed by atoms with E-state index in [1.54, 1.807) is 12.1 Å². The highest BCUT2D eigenvalue weighted by Crippen LogP contribution is 2.51. The molecule has 2 N–H and O–H groups in total. The van der Waals surface area contributed by atoms with Crippen molar-refractivity contribution in [2.75, 3.05) is 5.32 Å². The lowest BCUT2D eigenvalue weighted by atomic mass is 10.1. The van der Waals surface area contributed by atoms with Crippen molar-refractivity contribution in [2.24, 2.45) is 0 Å². The summed E-state index contributed by atoms with van der Waals surface area (Å²) >= 11 is 0. The number of anilines is 1. The number of halogens is 3. The molecule has 0 radical (unpaired) electrons. The van der Waals surface area contributed by atoms with E-state index >= 15 is 0 Å². The fourth-order valence-electron chi connectivity index (χ4n) is 2.09. The molecule has 1 aliphatic carbocycles. The van der Waals surface area contributed by atoms with E-state index < -0.39 is 11.7 Å². The molecule has 0 spiro atoms. The van der Waals surface area contributed by atoms with E-state index in [-0.39, 0.29) is 24.4 Å². The maximum absolute atomic E-state index is 12.9. The lowest BCUT2D eigenvalue weighted by molar-refractivity contribution is -0.151. The summed E-state index contributed by atoms with van der Waals surface area (Å²) < 4.78 is 38.8. The average Bonchev–Trinajstić information content (AvgIpc) is 3.10. The standard InChI is InChI=1S/C13H11F3N2O/c14-13(15,16)12(4-5-12)18-11-10-7-9(19)2-1-8(10)3-6-17-11/h1-3,6-7,19H,4-5H2,(H,17,18). The van der Waals surface area contributed by atoms with Crippen LogP contribution in [-0.2, 0) is 0 Å². The van der Waals surface area contributed by atoms with Crippen LogP contribution in [0.25, 0.3) is 10.8 Å². The van der Waals surface area contributed by atoms with Gasteiger partial charge in [0.25, 0.3) is 0 Å². The first-order valence-electron chi connectivity index (χ1n) is 5.84. The molecule has 3 nitrogen and oxygen atoms in total. The largest absolute Gasteiger partial charge is 0.508 e. The highest BCUT2D eigenvalue weighted by molar-refractivity contribution is 5.93. The quantitative estimate of drug-likeness (QED) is 0.876. The van der Waals surface area contributed by atoms with Crippen molar-refractivity contribution in [1.29, 1.82) is 0 Å². The Morgan fingerprint density at radius 2 is 1.95 bits per heavy atom. The first kappa shape index (κ1) is 12.1. The van der Waals surface area contributed by atoms with Gasteiger partial charge in [0.1, 0.15) is 17.1 Å². The molecule has 0 atom stereocenters. The summed E-state index contributed by atoms with van der Waals surface area (Å²) in [4.78, 5) is 3.96. The second kappa shape index (κ2) is 3.76. The van der Waals surface area contributed by atoms with Crippen molar-refractivity contribution < 1.29 is 18.3 Å². The summed E-state index contributed by atoms with van der Waals surface area (Å²) in [5, 5.41) is 13.2. The third kappa shape index (κ3) is 1.97. The number of hydrogen-bond donors (Lipinski definition) is 2. The van der Waals surface area contributed by atoms with Crippen molar-refractivity contribution >= 4 is 16.6 Å². The average molecular weight is 268 g/mol. The van der Waals surface area contributed by atoms with Gasteiger partial charge in [-0.15, -0.1) is 0 Å². The summed E-state index contributed by atoms with van der Waals surface area (Å²) in [6.07, 6.45) is -2.75. The highest BCUT2D eigenvalue weighted by Gasteiger charge is 2.63. The van der Waals surface area contributed by atoms with Crippen LogP contribution in [-0.4, -0.2) is 21.8 Å². The van der Waals surface area contributed by atoms with E-state index in [2.05, 4.69) is 10.3 Å². The number of rotatable bonds is 2. The first-order chi connectivity index (χ1) is 8.91. The molecular weight excluding hydrogens is 257 g/mol. The van der Waals surface area contributed by atoms with E-state index in [0.29, 0.717) is 5.39 Å². The zero-order valence-electron chi connectivity index (χ0n) is 9.83. The Hall–Kier alpha value is -1.98. The van der Waals surface area contributed by atoms with Gasteiger partial charge in [-0.1, -0.05) is 6.07 Å². The monoisotopic (exact) mass is 268 g/mol. The van der Waals surface area contributed by atoms with E-state index in [0.717, 1.165) is 5.39 Å². The number of alkyl halides is 3. The van der Waals surface area contributed by atoms with Gasteiger partial charge in [0.05, 0.1) is 0 Å². The van der Waals surface area contributed by atoms with Gasteiger partial charge in [-0.2, -0.15) is 13.2 Å². The summed E-state index contributed by atoms with van der Waals surface area (Å²) in [5.41, 5.74) is -1.86. The Morgan fingerprint density at radius 1 is 1.21 bits per heavy atom. The molecule has 100 valence electrons. The van der Waals surface area contributed by atoms with Gasteiger partial charge >= 0.3 is 6.18 Å². The number of phenols is 1. The van der Waals surface area contributed by atoms with Crippen LogP contribution in [0.4, 0.5) is 19.0 Å². The van der Waals surface area contributed by atoms with Crippen LogP contribution >= 0.6 is 0 Å². The van der Waals surface area contributed by atoms with Crippen molar-refractivity contribution in [1.82, 2.24) is 4.98 Å².